The highest BCUT2D eigenvalue weighted by atomic mass is 35.5. The van der Waals surface area contributed by atoms with Gasteiger partial charge in [0.15, 0.2) is 0 Å². The van der Waals surface area contributed by atoms with Crippen LogP contribution in [0.3, 0.4) is 0 Å². The molecule has 0 spiro atoms. The van der Waals surface area contributed by atoms with Gasteiger partial charge in [-0.15, -0.1) is 0 Å². The summed E-state index contributed by atoms with van der Waals surface area (Å²) in [5.74, 6) is -2.15. The largest absolute Gasteiger partial charge is 0.481 e. The molecule has 1 rings (SSSR count). The number of halogens is 2. The zero-order valence-corrected chi connectivity index (χ0v) is 12.2. The lowest BCUT2D eigenvalue weighted by Gasteiger charge is -2.24. The molecular formula is C14H17ClFNO3. The van der Waals surface area contributed by atoms with E-state index in [4.69, 9.17) is 16.7 Å². The molecule has 110 valence electrons. The van der Waals surface area contributed by atoms with Gasteiger partial charge in [-0.2, -0.15) is 0 Å². The molecule has 6 heteroatoms. The third-order valence-corrected chi connectivity index (χ3v) is 2.96. The van der Waals surface area contributed by atoms with E-state index in [-0.39, 0.29) is 29.5 Å². The van der Waals surface area contributed by atoms with E-state index in [1.807, 2.05) is 13.8 Å². The molecule has 0 heterocycles. The van der Waals surface area contributed by atoms with E-state index < -0.39 is 17.7 Å². The normalized spacial score (nSPS) is 10.7. The third-order valence-electron chi connectivity index (χ3n) is 2.64. The maximum Gasteiger partial charge on any atom is 0.305 e. The second kappa shape index (κ2) is 7.24. The summed E-state index contributed by atoms with van der Waals surface area (Å²) < 4.78 is 13.7. The molecule has 0 unspecified atom stereocenters. The molecule has 0 radical (unpaired) electrons. The van der Waals surface area contributed by atoms with Crippen LogP contribution in [0.1, 0.15) is 30.6 Å². The lowest BCUT2D eigenvalue weighted by Crippen LogP contribution is -2.36. The molecule has 0 saturated carbocycles. The number of carboxylic acids is 1. The predicted octanol–water partition coefficient (Wildman–Crippen LogP) is 3.05. The molecular weight excluding hydrogens is 285 g/mol. The summed E-state index contributed by atoms with van der Waals surface area (Å²) >= 11 is 5.86. The number of aliphatic carboxylic acids is 1. The van der Waals surface area contributed by atoms with Gasteiger partial charge in [0.25, 0.3) is 5.91 Å². The number of carbonyl (C=O) groups is 2. The molecule has 20 heavy (non-hydrogen) atoms. The summed E-state index contributed by atoms with van der Waals surface area (Å²) in [6.07, 6.45) is -0.190. The molecule has 0 bridgehead atoms. The van der Waals surface area contributed by atoms with Crippen LogP contribution in [-0.2, 0) is 4.79 Å². The number of nitrogens with zero attached hydrogens (tertiary/aromatic N) is 1. The molecule has 0 aliphatic heterocycles. The molecule has 1 aromatic carbocycles. The van der Waals surface area contributed by atoms with Gasteiger partial charge in [0.05, 0.1) is 17.0 Å². The lowest BCUT2D eigenvalue weighted by atomic mass is 10.1. The molecule has 1 amide bonds. The average molecular weight is 302 g/mol. The fraction of sp³-hybridized carbons (Fsp3) is 0.429. The van der Waals surface area contributed by atoms with Crippen molar-refractivity contribution in [2.45, 2.75) is 20.3 Å². The molecule has 1 aromatic rings. The van der Waals surface area contributed by atoms with Crippen LogP contribution in [-0.4, -0.2) is 35.0 Å². The van der Waals surface area contributed by atoms with E-state index in [9.17, 15) is 14.0 Å². The summed E-state index contributed by atoms with van der Waals surface area (Å²) in [7, 11) is 0. The number of carboxylic acid groups (broad SMARTS) is 1. The van der Waals surface area contributed by atoms with Crippen molar-refractivity contribution < 1.29 is 19.1 Å². The predicted molar refractivity (Wildman–Crippen MR) is 74.4 cm³/mol. The summed E-state index contributed by atoms with van der Waals surface area (Å²) in [4.78, 5) is 24.3. The smallest absolute Gasteiger partial charge is 0.305 e. The first-order chi connectivity index (χ1) is 9.32. The van der Waals surface area contributed by atoms with E-state index in [0.29, 0.717) is 6.54 Å². The first-order valence-electron chi connectivity index (χ1n) is 6.28. The Kier molecular flexibility index (Phi) is 5.95. The number of hydrogen-bond acceptors (Lipinski definition) is 2. The summed E-state index contributed by atoms with van der Waals surface area (Å²) in [6, 6.07) is 4.00. The summed E-state index contributed by atoms with van der Waals surface area (Å²) in [5.41, 5.74) is -0.208. The van der Waals surface area contributed by atoms with E-state index in [1.165, 1.54) is 17.0 Å². The van der Waals surface area contributed by atoms with Crippen LogP contribution in [0.25, 0.3) is 0 Å². The maximum atomic E-state index is 13.7. The monoisotopic (exact) mass is 301 g/mol. The highest BCUT2D eigenvalue weighted by molar-refractivity contribution is 6.33. The van der Waals surface area contributed by atoms with Gasteiger partial charge in [-0.1, -0.05) is 31.5 Å². The third kappa shape index (κ3) is 4.49. The Bertz CT molecular complexity index is 485. The van der Waals surface area contributed by atoms with Gasteiger partial charge < -0.3 is 10.0 Å². The Morgan fingerprint density at radius 2 is 2.05 bits per heavy atom. The quantitative estimate of drug-likeness (QED) is 0.878. The van der Waals surface area contributed by atoms with Crippen molar-refractivity contribution in [3.8, 4) is 0 Å². The second-order valence-electron chi connectivity index (χ2n) is 4.89. The first-order valence-corrected chi connectivity index (χ1v) is 6.65. The van der Waals surface area contributed by atoms with Crippen molar-refractivity contribution >= 4 is 23.5 Å². The summed E-state index contributed by atoms with van der Waals surface area (Å²) in [6.45, 7) is 4.15. The van der Waals surface area contributed by atoms with Crippen LogP contribution < -0.4 is 0 Å². The summed E-state index contributed by atoms with van der Waals surface area (Å²) in [5, 5.41) is 8.75. The molecule has 0 fully saturated rings. The van der Waals surface area contributed by atoms with Crippen molar-refractivity contribution in [2.75, 3.05) is 13.1 Å². The molecule has 1 N–H and O–H groups in total. The Labute approximate surface area is 122 Å². The fourth-order valence-corrected chi connectivity index (χ4v) is 2.05. The van der Waals surface area contributed by atoms with E-state index in [2.05, 4.69) is 0 Å². The van der Waals surface area contributed by atoms with Gasteiger partial charge >= 0.3 is 5.97 Å². The van der Waals surface area contributed by atoms with E-state index in [0.717, 1.165) is 6.07 Å². The second-order valence-corrected chi connectivity index (χ2v) is 5.29. The lowest BCUT2D eigenvalue weighted by molar-refractivity contribution is -0.137. The number of hydrogen-bond donors (Lipinski definition) is 1. The maximum absolute atomic E-state index is 13.7. The Balaban J connectivity index is 3.00. The van der Waals surface area contributed by atoms with Crippen LogP contribution in [0.15, 0.2) is 18.2 Å². The first kappa shape index (κ1) is 16.4. The van der Waals surface area contributed by atoms with Crippen LogP contribution >= 0.6 is 11.6 Å². The zero-order valence-electron chi connectivity index (χ0n) is 11.4. The molecule has 4 nitrogen and oxygen atoms in total. The average Bonchev–Trinajstić information content (AvgIpc) is 2.33. The van der Waals surface area contributed by atoms with Gasteiger partial charge in [-0.3, -0.25) is 9.59 Å². The van der Waals surface area contributed by atoms with Crippen molar-refractivity contribution in [3.05, 3.63) is 34.6 Å². The van der Waals surface area contributed by atoms with E-state index in [1.54, 1.807) is 0 Å². The number of amides is 1. The highest BCUT2D eigenvalue weighted by Crippen LogP contribution is 2.21. The minimum Gasteiger partial charge on any atom is -0.481 e. The fourth-order valence-electron chi connectivity index (χ4n) is 1.81. The number of benzene rings is 1. The van der Waals surface area contributed by atoms with Crippen LogP contribution in [0, 0.1) is 11.7 Å². The van der Waals surface area contributed by atoms with Crippen LogP contribution in [0.2, 0.25) is 5.02 Å². The Morgan fingerprint density at radius 3 is 2.55 bits per heavy atom. The van der Waals surface area contributed by atoms with Gasteiger partial charge in [0, 0.05) is 13.1 Å². The van der Waals surface area contributed by atoms with Crippen molar-refractivity contribution in [2.24, 2.45) is 5.92 Å². The zero-order chi connectivity index (χ0) is 15.3. The van der Waals surface area contributed by atoms with Crippen LogP contribution in [0.4, 0.5) is 4.39 Å². The Morgan fingerprint density at radius 1 is 1.40 bits per heavy atom. The van der Waals surface area contributed by atoms with Gasteiger partial charge in [0.2, 0.25) is 0 Å². The van der Waals surface area contributed by atoms with Crippen molar-refractivity contribution in [3.63, 3.8) is 0 Å². The Hall–Kier alpha value is -1.62. The van der Waals surface area contributed by atoms with Crippen LogP contribution in [0.5, 0.6) is 0 Å². The highest BCUT2D eigenvalue weighted by Gasteiger charge is 2.23. The minimum absolute atomic E-state index is 0.0248. The van der Waals surface area contributed by atoms with Crippen molar-refractivity contribution in [1.82, 2.24) is 4.90 Å². The molecule has 0 aliphatic rings. The van der Waals surface area contributed by atoms with Crippen molar-refractivity contribution in [1.29, 1.82) is 0 Å². The van der Waals surface area contributed by atoms with Gasteiger partial charge in [-0.25, -0.2) is 4.39 Å². The molecule has 0 atom stereocenters. The SMILES string of the molecule is CC(C)CN(CCC(=O)O)C(=O)c1c(F)cccc1Cl. The minimum atomic E-state index is -1.01. The molecule has 0 aliphatic carbocycles. The standard InChI is InChI=1S/C14H17ClFNO3/c1-9(2)8-17(7-6-12(18)19)14(20)13-10(15)4-3-5-11(13)16/h3-5,9H,6-8H2,1-2H3,(H,18,19). The van der Waals surface area contributed by atoms with Gasteiger partial charge in [0.1, 0.15) is 5.82 Å². The molecule has 0 saturated heterocycles. The van der Waals surface area contributed by atoms with Gasteiger partial charge in [-0.05, 0) is 18.1 Å². The molecule has 0 aromatic heterocycles. The van der Waals surface area contributed by atoms with E-state index >= 15 is 0 Å². The number of carbonyl (C=O) groups excluding carboxylic acids is 1. The topological polar surface area (TPSA) is 57.6 Å². The number of rotatable bonds is 6.